The summed E-state index contributed by atoms with van der Waals surface area (Å²) in [7, 11) is -3.90. The van der Waals surface area contributed by atoms with E-state index in [0.29, 0.717) is 17.8 Å². The lowest BCUT2D eigenvalue weighted by Crippen LogP contribution is -2.35. The van der Waals surface area contributed by atoms with Crippen LogP contribution in [-0.4, -0.2) is 46.0 Å². The zero-order valence-electron chi connectivity index (χ0n) is 21.3. The zero-order valence-corrected chi connectivity index (χ0v) is 22.1. The standard InChI is InChI=1S/C29H31N3O5S/c1-21-18-22-8-3-4-11-27(22)32(21)38(35,36)26-10-7-9-23(19-26)29(34)37-20-28(33)30-24-12-14-25(15-13-24)31-16-5-2-6-17-31/h3-4,7-15,19,21H,2,5-6,16-18,20H2,1H3,(H,30,33)/t21-/m0/s1. The third-order valence-electron chi connectivity index (χ3n) is 6.98. The maximum absolute atomic E-state index is 13.5. The largest absolute Gasteiger partial charge is 0.452 e. The Labute approximate surface area is 223 Å². The van der Waals surface area contributed by atoms with Crippen LogP contribution in [0, 0.1) is 0 Å². The van der Waals surface area contributed by atoms with Gasteiger partial charge in [0, 0.05) is 30.5 Å². The predicted molar refractivity (Wildman–Crippen MR) is 147 cm³/mol. The van der Waals surface area contributed by atoms with E-state index in [-0.39, 0.29) is 16.5 Å². The van der Waals surface area contributed by atoms with E-state index in [0.717, 1.165) is 24.3 Å². The number of carbonyl (C=O) groups excluding carboxylic acids is 2. The van der Waals surface area contributed by atoms with Crippen LogP contribution in [0.2, 0.25) is 0 Å². The minimum absolute atomic E-state index is 0.00579. The molecule has 3 aromatic rings. The monoisotopic (exact) mass is 533 g/mol. The van der Waals surface area contributed by atoms with Crippen LogP contribution in [0.5, 0.6) is 0 Å². The molecule has 1 fully saturated rings. The quantitative estimate of drug-likeness (QED) is 0.446. The van der Waals surface area contributed by atoms with Crippen LogP contribution in [0.25, 0.3) is 0 Å². The number of benzene rings is 3. The highest BCUT2D eigenvalue weighted by Crippen LogP contribution is 2.36. The Hall–Kier alpha value is -3.85. The Kier molecular flexibility index (Phi) is 7.37. The lowest BCUT2D eigenvalue weighted by Gasteiger charge is -2.28. The molecular weight excluding hydrogens is 502 g/mol. The minimum atomic E-state index is -3.90. The number of anilines is 3. The number of ether oxygens (including phenoxy) is 1. The van der Waals surface area contributed by atoms with Crippen molar-refractivity contribution in [2.45, 2.75) is 43.5 Å². The number of fused-ring (bicyclic) bond motifs is 1. The molecule has 0 unspecified atom stereocenters. The molecule has 8 nitrogen and oxygen atoms in total. The van der Waals surface area contributed by atoms with Crippen molar-refractivity contribution in [3.8, 4) is 0 Å². The van der Waals surface area contributed by atoms with Gasteiger partial charge in [0.2, 0.25) is 0 Å². The maximum atomic E-state index is 13.5. The van der Waals surface area contributed by atoms with Gasteiger partial charge in [-0.15, -0.1) is 0 Å². The molecule has 2 heterocycles. The highest BCUT2D eigenvalue weighted by atomic mass is 32.2. The Bertz CT molecular complexity index is 1430. The molecule has 0 spiro atoms. The number of nitrogens with zero attached hydrogens (tertiary/aromatic N) is 2. The number of hydrogen-bond acceptors (Lipinski definition) is 6. The number of sulfonamides is 1. The van der Waals surface area contributed by atoms with E-state index in [1.807, 2.05) is 43.3 Å². The van der Waals surface area contributed by atoms with E-state index in [9.17, 15) is 18.0 Å². The molecule has 5 rings (SSSR count). The first kappa shape index (κ1) is 25.8. The molecule has 0 radical (unpaired) electrons. The van der Waals surface area contributed by atoms with Crippen LogP contribution < -0.4 is 14.5 Å². The molecule has 1 N–H and O–H groups in total. The highest BCUT2D eigenvalue weighted by Gasteiger charge is 2.36. The van der Waals surface area contributed by atoms with Gasteiger partial charge in [0.25, 0.3) is 15.9 Å². The molecule has 0 aromatic heterocycles. The first-order valence-corrected chi connectivity index (χ1v) is 14.3. The Morgan fingerprint density at radius 3 is 2.45 bits per heavy atom. The highest BCUT2D eigenvalue weighted by molar-refractivity contribution is 7.92. The first-order valence-electron chi connectivity index (χ1n) is 12.9. The Morgan fingerprint density at radius 2 is 1.68 bits per heavy atom. The molecule has 0 saturated carbocycles. The van der Waals surface area contributed by atoms with Crippen molar-refractivity contribution < 1.29 is 22.7 Å². The van der Waals surface area contributed by atoms with Gasteiger partial charge < -0.3 is 15.0 Å². The third kappa shape index (κ3) is 5.38. The number of piperidine rings is 1. The minimum Gasteiger partial charge on any atom is -0.452 e. The molecule has 38 heavy (non-hydrogen) atoms. The van der Waals surface area contributed by atoms with Gasteiger partial charge in [0.05, 0.1) is 16.1 Å². The van der Waals surface area contributed by atoms with Crippen molar-refractivity contribution in [1.29, 1.82) is 0 Å². The summed E-state index contributed by atoms with van der Waals surface area (Å²) in [5, 5.41) is 2.73. The van der Waals surface area contributed by atoms with Crippen LogP contribution in [0.1, 0.15) is 42.1 Å². The molecule has 3 aromatic carbocycles. The second-order valence-electron chi connectivity index (χ2n) is 9.73. The molecule has 198 valence electrons. The number of carbonyl (C=O) groups is 2. The van der Waals surface area contributed by atoms with Crippen molar-refractivity contribution in [3.63, 3.8) is 0 Å². The summed E-state index contributed by atoms with van der Waals surface area (Å²) >= 11 is 0. The number of hydrogen-bond donors (Lipinski definition) is 1. The van der Waals surface area contributed by atoms with E-state index in [1.54, 1.807) is 12.1 Å². The summed E-state index contributed by atoms with van der Waals surface area (Å²) in [6.45, 7) is 3.44. The van der Waals surface area contributed by atoms with Gasteiger partial charge in [-0.05, 0) is 86.7 Å². The average molecular weight is 534 g/mol. The van der Waals surface area contributed by atoms with Crippen LogP contribution in [-0.2, 0) is 26.0 Å². The van der Waals surface area contributed by atoms with Gasteiger partial charge in [-0.1, -0.05) is 24.3 Å². The molecule has 0 bridgehead atoms. The van der Waals surface area contributed by atoms with Crippen molar-refractivity contribution in [3.05, 3.63) is 83.9 Å². The molecule has 1 atom stereocenters. The van der Waals surface area contributed by atoms with Gasteiger partial charge in [0.15, 0.2) is 6.61 Å². The van der Waals surface area contributed by atoms with Crippen molar-refractivity contribution >= 4 is 39.0 Å². The van der Waals surface area contributed by atoms with E-state index in [1.165, 1.54) is 47.8 Å². The molecule has 9 heteroatoms. The molecule has 2 aliphatic heterocycles. The topological polar surface area (TPSA) is 96.0 Å². The fourth-order valence-corrected chi connectivity index (χ4v) is 6.86. The molecule has 0 aliphatic carbocycles. The summed E-state index contributed by atoms with van der Waals surface area (Å²) in [5.74, 6) is -1.25. The van der Waals surface area contributed by atoms with E-state index < -0.39 is 28.5 Å². The second kappa shape index (κ2) is 10.9. The van der Waals surface area contributed by atoms with E-state index >= 15 is 0 Å². The molecule has 1 amide bonds. The Morgan fingerprint density at radius 1 is 0.947 bits per heavy atom. The third-order valence-corrected chi connectivity index (χ3v) is 8.90. The zero-order chi connectivity index (χ0) is 26.7. The van der Waals surface area contributed by atoms with Gasteiger partial charge in [-0.2, -0.15) is 0 Å². The van der Waals surface area contributed by atoms with E-state index in [4.69, 9.17) is 4.74 Å². The molecular formula is C29H31N3O5S. The lowest BCUT2D eigenvalue weighted by atomic mass is 10.1. The normalized spacial score (nSPS) is 17.1. The second-order valence-corrected chi connectivity index (χ2v) is 11.5. The van der Waals surface area contributed by atoms with Crippen molar-refractivity contribution in [1.82, 2.24) is 0 Å². The summed E-state index contributed by atoms with van der Waals surface area (Å²) < 4.78 is 33.6. The summed E-state index contributed by atoms with van der Waals surface area (Å²) in [6, 6.07) is 20.5. The predicted octanol–water partition coefficient (Wildman–Crippen LogP) is 4.61. The van der Waals surface area contributed by atoms with Gasteiger partial charge in [0.1, 0.15) is 0 Å². The number of para-hydroxylation sites is 1. The van der Waals surface area contributed by atoms with Crippen LogP contribution >= 0.6 is 0 Å². The lowest BCUT2D eigenvalue weighted by molar-refractivity contribution is -0.119. The maximum Gasteiger partial charge on any atom is 0.338 e. The first-order chi connectivity index (χ1) is 18.3. The van der Waals surface area contributed by atoms with Gasteiger partial charge in [-0.3, -0.25) is 9.10 Å². The fourth-order valence-electron chi connectivity index (χ4n) is 5.12. The smallest absolute Gasteiger partial charge is 0.338 e. The summed E-state index contributed by atoms with van der Waals surface area (Å²) in [6.07, 6.45) is 4.25. The SMILES string of the molecule is C[C@H]1Cc2ccccc2N1S(=O)(=O)c1cccc(C(=O)OCC(=O)Nc2ccc(N3CCCCC3)cc2)c1. The van der Waals surface area contributed by atoms with Crippen molar-refractivity contribution in [2.75, 3.05) is 34.2 Å². The van der Waals surface area contributed by atoms with Gasteiger partial charge >= 0.3 is 5.97 Å². The van der Waals surface area contributed by atoms with Crippen LogP contribution in [0.15, 0.2) is 77.7 Å². The summed E-state index contributed by atoms with van der Waals surface area (Å²) in [5.41, 5.74) is 3.40. The molecule has 1 saturated heterocycles. The number of rotatable bonds is 7. The number of esters is 1. The van der Waals surface area contributed by atoms with E-state index in [2.05, 4.69) is 10.2 Å². The summed E-state index contributed by atoms with van der Waals surface area (Å²) in [4.78, 5) is 27.4. The molecule has 2 aliphatic rings. The van der Waals surface area contributed by atoms with Crippen LogP contribution in [0.3, 0.4) is 0 Å². The number of nitrogens with one attached hydrogen (secondary N) is 1. The van der Waals surface area contributed by atoms with Crippen LogP contribution in [0.4, 0.5) is 17.1 Å². The number of amides is 1. The van der Waals surface area contributed by atoms with Gasteiger partial charge in [-0.25, -0.2) is 13.2 Å². The Balaban J connectivity index is 1.20. The average Bonchev–Trinajstić information content (AvgIpc) is 3.29. The van der Waals surface area contributed by atoms with Crippen molar-refractivity contribution in [2.24, 2.45) is 0 Å². The fraction of sp³-hybridized carbons (Fsp3) is 0.310.